The number of hydrogen-bond acceptors (Lipinski definition) is 3. The fourth-order valence-corrected chi connectivity index (χ4v) is 3.31. The van der Waals surface area contributed by atoms with E-state index < -0.39 is 5.82 Å². The second kappa shape index (κ2) is 7.50. The molecule has 0 radical (unpaired) electrons. The molecule has 0 saturated carbocycles. The Bertz CT molecular complexity index is 1060. The molecule has 1 heterocycles. The van der Waals surface area contributed by atoms with E-state index in [0.717, 1.165) is 6.07 Å². The van der Waals surface area contributed by atoms with Crippen molar-refractivity contribution in [1.82, 2.24) is 4.57 Å². The number of oxime groups is 1. The van der Waals surface area contributed by atoms with Gasteiger partial charge < -0.3 is 5.21 Å². The first kappa shape index (κ1) is 18.5. The molecular weight excluding hydrogens is 402 g/mol. The van der Waals surface area contributed by atoms with Crippen LogP contribution in [0.15, 0.2) is 64.7 Å². The lowest BCUT2D eigenvalue weighted by molar-refractivity contribution is 0.319. The van der Waals surface area contributed by atoms with E-state index in [2.05, 4.69) is 5.16 Å². The van der Waals surface area contributed by atoms with Crippen LogP contribution in [-0.2, 0) is 0 Å². The maximum absolute atomic E-state index is 13.3. The third kappa shape index (κ3) is 3.46. The highest BCUT2D eigenvalue weighted by Crippen LogP contribution is 2.28. The zero-order valence-corrected chi connectivity index (χ0v) is 15.2. The Labute approximate surface area is 162 Å². The van der Waals surface area contributed by atoms with E-state index in [1.807, 2.05) is 0 Å². The summed E-state index contributed by atoms with van der Waals surface area (Å²) in [6.07, 6.45) is 1.42. The Morgan fingerprint density at radius 2 is 1.69 bits per heavy atom. The number of hydrogen-bond donors (Lipinski definition) is 1. The number of para-hydroxylation sites is 1. The van der Waals surface area contributed by atoms with Crippen LogP contribution >= 0.6 is 34.8 Å². The molecule has 0 bridgehead atoms. The number of halogens is 4. The van der Waals surface area contributed by atoms with E-state index >= 15 is 0 Å². The minimum Gasteiger partial charge on any atom is -0.410 e. The molecule has 0 spiro atoms. The zero-order valence-electron chi connectivity index (χ0n) is 13.0. The summed E-state index contributed by atoms with van der Waals surface area (Å²) < 4.78 is 14.5. The van der Waals surface area contributed by atoms with Crippen molar-refractivity contribution in [2.45, 2.75) is 0 Å². The number of pyridine rings is 1. The van der Waals surface area contributed by atoms with Gasteiger partial charge in [-0.05, 0) is 36.4 Å². The monoisotopic (exact) mass is 410 g/mol. The maximum atomic E-state index is 13.3. The van der Waals surface area contributed by atoms with Crippen LogP contribution in [0.3, 0.4) is 0 Å². The molecule has 0 amide bonds. The van der Waals surface area contributed by atoms with Gasteiger partial charge in [-0.25, -0.2) is 4.39 Å². The molecule has 0 aliphatic heterocycles. The maximum Gasteiger partial charge on any atom is 0.255 e. The van der Waals surface area contributed by atoms with Gasteiger partial charge in [-0.15, -0.1) is 0 Å². The first-order valence-electron chi connectivity index (χ1n) is 7.27. The van der Waals surface area contributed by atoms with Crippen molar-refractivity contribution in [1.29, 1.82) is 0 Å². The quantitative estimate of drug-likeness (QED) is 0.367. The van der Waals surface area contributed by atoms with Crippen LogP contribution < -0.4 is 5.56 Å². The largest absolute Gasteiger partial charge is 0.410 e. The lowest BCUT2D eigenvalue weighted by Gasteiger charge is -2.13. The van der Waals surface area contributed by atoms with Gasteiger partial charge in [-0.2, -0.15) is 0 Å². The molecular formula is C18H10Cl3FN2O2. The molecule has 0 saturated heterocycles. The SMILES string of the molecule is O=c1ccc(/C(=N\O)c2ccc(F)cc2Cl)cn1-c1c(Cl)cccc1Cl. The van der Waals surface area contributed by atoms with E-state index in [-0.39, 0.29) is 26.3 Å². The molecule has 0 unspecified atom stereocenters. The molecule has 2 aromatic carbocycles. The normalized spacial score (nSPS) is 11.6. The molecule has 0 fully saturated rings. The average molecular weight is 412 g/mol. The zero-order chi connectivity index (χ0) is 18.8. The predicted octanol–water partition coefficient (Wildman–Crippen LogP) is 5.16. The van der Waals surface area contributed by atoms with Crippen LogP contribution in [0.4, 0.5) is 4.39 Å². The van der Waals surface area contributed by atoms with Crippen LogP contribution in [0.2, 0.25) is 15.1 Å². The van der Waals surface area contributed by atoms with Crippen molar-refractivity contribution in [3.8, 4) is 5.69 Å². The smallest absolute Gasteiger partial charge is 0.255 e. The third-order valence-electron chi connectivity index (χ3n) is 3.65. The number of rotatable bonds is 3. The average Bonchev–Trinajstić information content (AvgIpc) is 2.59. The Hall–Kier alpha value is -2.34. The van der Waals surface area contributed by atoms with Gasteiger partial charge in [0.15, 0.2) is 0 Å². The van der Waals surface area contributed by atoms with Crippen molar-refractivity contribution in [3.63, 3.8) is 0 Å². The minimum atomic E-state index is -0.524. The van der Waals surface area contributed by atoms with Gasteiger partial charge >= 0.3 is 0 Å². The van der Waals surface area contributed by atoms with Gasteiger partial charge in [0.2, 0.25) is 0 Å². The van der Waals surface area contributed by atoms with Crippen molar-refractivity contribution in [3.05, 3.63) is 97.1 Å². The summed E-state index contributed by atoms with van der Waals surface area (Å²) in [7, 11) is 0. The van der Waals surface area contributed by atoms with Crippen LogP contribution in [0.5, 0.6) is 0 Å². The Balaban J connectivity index is 2.20. The Morgan fingerprint density at radius 1 is 1.00 bits per heavy atom. The fraction of sp³-hybridized carbons (Fsp3) is 0. The van der Waals surface area contributed by atoms with E-state index in [1.165, 1.54) is 35.0 Å². The van der Waals surface area contributed by atoms with Crippen LogP contribution in [0.25, 0.3) is 5.69 Å². The molecule has 0 aliphatic rings. The molecule has 0 aliphatic carbocycles. The van der Waals surface area contributed by atoms with Crippen molar-refractivity contribution < 1.29 is 9.60 Å². The van der Waals surface area contributed by atoms with Crippen LogP contribution in [0.1, 0.15) is 11.1 Å². The summed E-state index contributed by atoms with van der Waals surface area (Å²) in [5.74, 6) is -0.524. The lowest BCUT2D eigenvalue weighted by atomic mass is 10.0. The predicted molar refractivity (Wildman–Crippen MR) is 101 cm³/mol. The van der Waals surface area contributed by atoms with Crippen molar-refractivity contribution >= 4 is 40.5 Å². The Morgan fingerprint density at radius 3 is 2.31 bits per heavy atom. The summed E-state index contributed by atoms with van der Waals surface area (Å²) in [5.41, 5.74) is 0.631. The van der Waals surface area contributed by atoms with Gasteiger partial charge in [0, 0.05) is 23.4 Å². The summed E-state index contributed by atoms with van der Waals surface area (Å²) in [6, 6.07) is 11.2. The summed E-state index contributed by atoms with van der Waals surface area (Å²) >= 11 is 18.4. The van der Waals surface area contributed by atoms with Gasteiger partial charge in [-0.1, -0.05) is 46.0 Å². The second-order valence-corrected chi connectivity index (χ2v) is 6.49. The first-order chi connectivity index (χ1) is 12.4. The van der Waals surface area contributed by atoms with Gasteiger partial charge in [0.25, 0.3) is 5.56 Å². The summed E-state index contributed by atoms with van der Waals surface area (Å²) in [6.45, 7) is 0. The summed E-state index contributed by atoms with van der Waals surface area (Å²) in [4.78, 5) is 12.3. The standard InChI is InChI=1S/C18H10Cl3FN2O2/c19-13-2-1-3-14(20)18(13)24-9-10(4-7-16(24)25)17(23-26)12-6-5-11(22)8-15(12)21/h1-9,26H/b23-17+. The Kier molecular flexibility index (Phi) is 5.32. The highest BCUT2D eigenvalue weighted by Gasteiger charge is 2.16. The van der Waals surface area contributed by atoms with Crippen LogP contribution in [0, 0.1) is 5.82 Å². The van der Waals surface area contributed by atoms with Gasteiger partial charge in [0.1, 0.15) is 11.5 Å². The topological polar surface area (TPSA) is 54.6 Å². The molecule has 1 N–H and O–H groups in total. The molecule has 3 aromatic rings. The molecule has 26 heavy (non-hydrogen) atoms. The molecule has 4 nitrogen and oxygen atoms in total. The van der Waals surface area contributed by atoms with E-state index in [1.54, 1.807) is 18.2 Å². The molecule has 3 rings (SSSR count). The highest BCUT2D eigenvalue weighted by molar-refractivity contribution is 6.38. The van der Waals surface area contributed by atoms with Crippen molar-refractivity contribution in [2.24, 2.45) is 5.16 Å². The van der Waals surface area contributed by atoms with E-state index in [4.69, 9.17) is 34.8 Å². The third-order valence-corrected chi connectivity index (χ3v) is 4.57. The van der Waals surface area contributed by atoms with E-state index in [9.17, 15) is 14.4 Å². The molecule has 1 aromatic heterocycles. The van der Waals surface area contributed by atoms with E-state index in [0.29, 0.717) is 16.8 Å². The second-order valence-electron chi connectivity index (χ2n) is 5.27. The minimum absolute atomic E-state index is 0.0614. The van der Waals surface area contributed by atoms with Crippen LogP contribution in [-0.4, -0.2) is 15.5 Å². The van der Waals surface area contributed by atoms with Gasteiger partial charge in [0.05, 0.1) is 20.8 Å². The molecule has 0 atom stereocenters. The highest BCUT2D eigenvalue weighted by atomic mass is 35.5. The van der Waals surface area contributed by atoms with Gasteiger partial charge in [-0.3, -0.25) is 9.36 Å². The number of nitrogens with zero attached hydrogens (tertiary/aromatic N) is 2. The molecule has 8 heteroatoms. The summed E-state index contributed by atoms with van der Waals surface area (Å²) in [5, 5.41) is 13.3. The number of benzene rings is 2. The first-order valence-corrected chi connectivity index (χ1v) is 8.40. The lowest BCUT2D eigenvalue weighted by Crippen LogP contribution is -2.19. The van der Waals surface area contributed by atoms with Crippen molar-refractivity contribution in [2.75, 3.05) is 0 Å². The fourth-order valence-electron chi connectivity index (χ4n) is 2.47. The molecule has 132 valence electrons. The number of aromatic nitrogens is 1.